The van der Waals surface area contributed by atoms with Crippen LogP contribution in [0.5, 0.6) is 0 Å². The van der Waals surface area contributed by atoms with Crippen LogP contribution in [0.4, 0.5) is 15.9 Å². The highest BCUT2D eigenvalue weighted by Gasteiger charge is 2.22. The number of aliphatic hydroxyl groups is 1. The number of nitrogens with one attached hydrogen (secondary N) is 1. The van der Waals surface area contributed by atoms with Gasteiger partial charge in [-0.3, -0.25) is 4.79 Å². The highest BCUT2D eigenvalue weighted by atomic mass is 19.1. The number of nitrogens with zero attached hydrogens (tertiary/aromatic N) is 4. The van der Waals surface area contributed by atoms with Crippen molar-refractivity contribution in [2.24, 2.45) is 0 Å². The number of hydrogen-bond donors (Lipinski definition) is 3. The molecule has 5 rings (SSSR count). The lowest BCUT2D eigenvalue weighted by molar-refractivity contribution is 0.0744. The van der Waals surface area contributed by atoms with Crippen LogP contribution in [0, 0.1) is 5.82 Å². The van der Waals surface area contributed by atoms with Gasteiger partial charge in [0, 0.05) is 24.2 Å². The second-order valence-electron chi connectivity index (χ2n) is 8.47. The zero-order valence-electron chi connectivity index (χ0n) is 18.9. The fourth-order valence-electron chi connectivity index (χ4n) is 3.60. The number of carbonyl (C=O) groups excluding carboxylic acids is 1. The van der Waals surface area contributed by atoms with E-state index >= 15 is 0 Å². The molecule has 0 unspecified atom stereocenters. The molecule has 0 bridgehead atoms. The van der Waals surface area contributed by atoms with Gasteiger partial charge in [0.2, 0.25) is 5.89 Å². The Hall–Kier alpha value is -4.57. The van der Waals surface area contributed by atoms with Crippen molar-refractivity contribution in [3.05, 3.63) is 84.5 Å². The van der Waals surface area contributed by atoms with E-state index in [9.17, 15) is 14.3 Å². The number of halogens is 1. The number of fused-ring (bicyclic) bond motifs is 1. The molecule has 4 aromatic heterocycles. The third-order valence-electron chi connectivity index (χ3n) is 5.44. The van der Waals surface area contributed by atoms with Gasteiger partial charge < -0.3 is 25.0 Å². The van der Waals surface area contributed by atoms with Crippen LogP contribution in [0.1, 0.15) is 30.0 Å². The SMILES string of the molecule is CC(C)(O)c1cn2cc(NC(=O)c3coc(-c4ccnc(N)c4F)n3)c(-c3ccccc3)cc2n1. The number of nitrogen functional groups attached to an aromatic ring is 1. The normalized spacial score (nSPS) is 11.7. The predicted octanol–water partition coefficient (Wildman–Crippen LogP) is 4.25. The van der Waals surface area contributed by atoms with Crippen molar-refractivity contribution in [2.75, 3.05) is 11.1 Å². The van der Waals surface area contributed by atoms with Crippen molar-refractivity contribution < 1.29 is 18.7 Å². The molecule has 0 aliphatic heterocycles. The predicted molar refractivity (Wildman–Crippen MR) is 128 cm³/mol. The molecule has 1 amide bonds. The smallest absolute Gasteiger partial charge is 0.277 e. The number of nitrogens with two attached hydrogens (primary N) is 1. The van der Waals surface area contributed by atoms with Crippen LogP contribution >= 0.6 is 0 Å². The molecule has 9 nitrogen and oxygen atoms in total. The first-order valence-electron chi connectivity index (χ1n) is 10.7. The molecule has 4 heterocycles. The summed E-state index contributed by atoms with van der Waals surface area (Å²) in [6.07, 6.45) is 5.88. The molecule has 0 atom stereocenters. The molecule has 0 spiro atoms. The molecule has 0 aliphatic carbocycles. The number of carbonyl (C=O) groups is 1. The van der Waals surface area contributed by atoms with Crippen molar-refractivity contribution in [3.63, 3.8) is 0 Å². The van der Waals surface area contributed by atoms with Gasteiger partial charge in [-0.1, -0.05) is 30.3 Å². The van der Waals surface area contributed by atoms with Gasteiger partial charge in [0.1, 0.15) is 17.5 Å². The van der Waals surface area contributed by atoms with Gasteiger partial charge in [-0.2, -0.15) is 0 Å². The van der Waals surface area contributed by atoms with Crippen molar-refractivity contribution in [3.8, 4) is 22.6 Å². The maximum Gasteiger partial charge on any atom is 0.277 e. The zero-order valence-corrected chi connectivity index (χ0v) is 18.9. The van der Waals surface area contributed by atoms with E-state index in [2.05, 4.69) is 20.3 Å². The summed E-state index contributed by atoms with van der Waals surface area (Å²) < 4.78 is 21.4. The van der Waals surface area contributed by atoms with Crippen LogP contribution in [0.3, 0.4) is 0 Å². The van der Waals surface area contributed by atoms with Crippen LogP contribution in [0.15, 0.2) is 71.7 Å². The van der Waals surface area contributed by atoms with Crippen molar-refractivity contribution in [2.45, 2.75) is 19.4 Å². The van der Waals surface area contributed by atoms with Gasteiger partial charge >= 0.3 is 0 Å². The molecule has 0 saturated carbocycles. The quantitative estimate of drug-likeness (QED) is 0.348. The molecule has 4 N–H and O–H groups in total. The fourth-order valence-corrected chi connectivity index (χ4v) is 3.60. The lowest BCUT2D eigenvalue weighted by Gasteiger charge is -2.12. The molecular weight excluding hydrogens is 451 g/mol. The van der Waals surface area contributed by atoms with Gasteiger partial charge in [0.05, 0.1) is 16.9 Å². The molecule has 0 radical (unpaired) electrons. The van der Waals surface area contributed by atoms with E-state index in [4.69, 9.17) is 10.2 Å². The first-order chi connectivity index (χ1) is 16.7. The Morgan fingerprint density at radius 2 is 1.91 bits per heavy atom. The molecular formula is C25H21FN6O3. The second-order valence-corrected chi connectivity index (χ2v) is 8.47. The molecule has 1 aromatic carbocycles. The van der Waals surface area contributed by atoms with Crippen molar-refractivity contribution >= 4 is 23.1 Å². The highest BCUT2D eigenvalue weighted by molar-refractivity contribution is 6.05. The van der Waals surface area contributed by atoms with Gasteiger partial charge in [0.25, 0.3) is 5.91 Å². The molecule has 0 saturated heterocycles. The Bertz CT molecular complexity index is 1550. The number of oxazole rings is 1. The van der Waals surface area contributed by atoms with Crippen molar-refractivity contribution in [1.29, 1.82) is 0 Å². The van der Waals surface area contributed by atoms with Crippen LogP contribution in [-0.4, -0.2) is 30.4 Å². The number of benzene rings is 1. The number of pyridine rings is 2. The van der Waals surface area contributed by atoms with Crippen LogP contribution in [-0.2, 0) is 5.60 Å². The Balaban J connectivity index is 1.53. The maximum atomic E-state index is 14.3. The van der Waals surface area contributed by atoms with Crippen LogP contribution < -0.4 is 11.1 Å². The van der Waals surface area contributed by atoms with Crippen molar-refractivity contribution in [1.82, 2.24) is 19.4 Å². The maximum absolute atomic E-state index is 14.3. The lowest BCUT2D eigenvalue weighted by Crippen LogP contribution is -2.15. The van der Waals surface area contributed by atoms with E-state index in [1.807, 2.05) is 36.4 Å². The monoisotopic (exact) mass is 472 g/mol. The highest BCUT2D eigenvalue weighted by Crippen LogP contribution is 2.31. The third kappa shape index (κ3) is 4.22. The van der Waals surface area contributed by atoms with Crippen LogP contribution in [0.2, 0.25) is 0 Å². The molecule has 0 fully saturated rings. The molecule has 10 heteroatoms. The number of anilines is 2. The summed E-state index contributed by atoms with van der Waals surface area (Å²) in [5, 5.41) is 13.2. The minimum absolute atomic E-state index is 0.000470. The van der Waals surface area contributed by atoms with E-state index in [0.29, 0.717) is 17.0 Å². The van der Waals surface area contributed by atoms with E-state index in [-0.39, 0.29) is 23.0 Å². The lowest BCUT2D eigenvalue weighted by atomic mass is 10.1. The Morgan fingerprint density at radius 1 is 1.14 bits per heavy atom. The fraction of sp³-hybridized carbons (Fsp3) is 0.120. The van der Waals surface area contributed by atoms with Gasteiger partial charge in [-0.05, 0) is 31.5 Å². The summed E-state index contributed by atoms with van der Waals surface area (Å²) in [5.41, 5.74) is 7.48. The number of amides is 1. The molecule has 5 aromatic rings. The summed E-state index contributed by atoms with van der Waals surface area (Å²) in [5.74, 6) is -1.72. The summed E-state index contributed by atoms with van der Waals surface area (Å²) in [4.78, 5) is 25.4. The zero-order chi connectivity index (χ0) is 24.7. The van der Waals surface area contributed by atoms with Gasteiger partial charge in [-0.25, -0.2) is 19.3 Å². The minimum atomic E-state index is -1.13. The number of rotatable bonds is 5. The van der Waals surface area contributed by atoms with E-state index < -0.39 is 17.3 Å². The summed E-state index contributed by atoms with van der Waals surface area (Å²) in [6.45, 7) is 3.30. The third-order valence-corrected chi connectivity index (χ3v) is 5.44. The minimum Gasteiger partial charge on any atom is -0.444 e. The average Bonchev–Trinajstić information content (AvgIpc) is 3.48. The summed E-state index contributed by atoms with van der Waals surface area (Å²) in [7, 11) is 0. The number of imidazole rings is 1. The average molecular weight is 472 g/mol. The summed E-state index contributed by atoms with van der Waals surface area (Å²) in [6, 6.07) is 12.7. The topological polar surface area (TPSA) is 132 Å². The van der Waals surface area contributed by atoms with Gasteiger partial charge in [0.15, 0.2) is 17.3 Å². The first kappa shape index (κ1) is 22.2. The second kappa shape index (κ2) is 8.33. The Morgan fingerprint density at radius 3 is 2.66 bits per heavy atom. The molecule has 35 heavy (non-hydrogen) atoms. The standard InChI is InChI=1S/C25H21FN6O3/c1-25(2,34)19-12-32-11-17(16(10-20(32)31-19)14-6-4-3-5-7-14)29-23(33)18-13-35-24(30-18)15-8-9-28-22(27)21(15)26/h3-13,34H,1-2H3,(H2,27,28)(H,29,33). The Labute approximate surface area is 199 Å². The summed E-state index contributed by atoms with van der Waals surface area (Å²) >= 11 is 0. The molecule has 0 aliphatic rings. The van der Waals surface area contributed by atoms with Gasteiger partial charge in [-0.15, -0.1) is 0 Å². The van der Waals surface area contributed by atoms with E-state index in [0.717, 1.165) is 17.4 Å². The molecule has 176 valence electrons. The number of hydrogen-bond acceptors (Lipinski definition) is 7. The van der Waals surface area contributed by atoms with E-state index in [1.165, 1.54) is 12.3 Å². The Kier molecular flexibility index (Phi) is 5.29. The first-order valence-corrected chi connectivity index (χ1v) is 10.7. The number of aromatic nitrogens is 4. The largest absolute Gasteiger partial charge is 0.444 e. The van der Waals surface area contributed by atoms with Crippen LogP contribution in [0.25, 0.3) is 28.2 Å². The van der Waals surface area contributed by atoms with E-state index in [1.54, 1.807) is 30.6 Å².